The van der Waals surface area contributed by atoms with E-state index in [0.29, 0.717) is 17.0 Å². The molecule has 0 heterocycles. The van der Waals surface area contributed by atoms with Crippen LogP contribution in [0.15, 0.2) is 97.1 Å². The SMILES string of the molecule is C[C@H](NC(=O)COc1ccccc1C(=O)Nc1ccccc1)c1ccc2ccccc2c1. The van der Waals surface area contributed by atoms with E-state index in [2.05, 4.69) is 22.8 Å². The van der Waals surface area contributed by atoms with Crippen molar-refractivity contribution in [1.82, 2.24) is 5.32 Å². The van der Waals surface area contributed by atoms with Crippen LogP contribution in [0.4, 0.5) is 5.69 Å². The second-order valence-corrected chi connectivity index (χ2v) is 7.50. The number of carbonyl (C=O) groups excluding carboxylic acids is 2. The zero-order chi connectivity index (χ0) is 22.3. The first-order chi connectivity index (χ1) is 15.6. The quantitative estimate of drug-likeness (QED) is 0.420. The number of para-hydroxylation sites is 2. The lowest BCUT2D eigenvalue weighted by molar-refractivity contribution is -0.123. The average Bonchev–Trinajstić information content (AvgIpc) is 2.83. The Morgan fingerprint density at radius 2 is 1.50 bits per heavy atom. The molecule has 0 aliphatic heterocycles. The third-order valence-electron chi connectivity index (χ3n) is 5.17. The zero-order valence-electron chi connectivity index (χ0n) is 17.7. The van der Waals surface area contributed by atoms with Crippen LogP contribution in [0.3, 0.4) is 0 Å². The largest absolute Gasteiger partial charge is 0.483 e. The van der Waals surface area contributed by atoms with E-state index in [0.717, 1.165) is 16.3 Å². The molecule has 0 aliphatic carbocycles. The van der Waals surface area contributed by atoms with E-state index in [4.69, 9.17) is 4.74 Å². The van der Waals surface area contributed by atoms with E-state index in [-0.39, 0.29) is 24.5 Å². The number of ether oxygens (including phenoxy) is 1. The second-order valence-electron chi connectivity index (χ2n) is 7.50. The standard InChI is InChI=1S/C27H24N2O3/c1-19(21-16-15-20-9-5-6-10-22(20)17-21)28-26(30)18-32-25-14-8-7-13-24(25)27(31)29-23-11-3-2-4-12-23/h2-17,19H,18H2,1H3,(H,28,30)(H,29,31)/t19-/m0/s1. The van der Waals surface area contributed by atoms with Gasteiger partial charge in [0.2, 0.25) is 0 Å². The van der Waals surface area contributed by atoms with Gasteiger partial charge in [0.1, 0.15) is 5.75 Å². The first-order valence-electron chi connectivity index (χ1n) is 10.5. The van der Waals surface area contributed by atoms with Crippen LogP contribution in [0.1, 0.15) is 28.9 Å². The molecule has 4 rings (SSSR count). The van der Waals surface area contributed by atoms with Crippen molar-refractivity contribution in [3.63, 3.8) is 0 Å². The van der Waals surface area contributed by atoms with Crippen molar-refractivity contribution in [2.45, 2.75) is 13.0 Å². The van der Waals surface area contributed by atoms with Crippen molar-refractivity contribution in [3.8, 4) is 5.75 Å². The van der Waals surface area contributed by atoms with E-state index < -0.39 is 0 Å². The molecule has 2 amide bonds. The third kappa shape index (κ3) is 5.13. The summed E-state index contributed by atoms with van der Waals surface area (Å²) >= 11 is 0. The van der Waals surface area contributed by atoms with Crippen LogP contribution in [-0.2, 0) is 4.79 Å². The normalized spacial score (nSPS) is 11.5. The second kappa shape index (κ2) is 9.79. The van der Waals surface area contributed by atoms with Crippen LogP contribution in [0, 0.1) is 0 Å². The first-order valence-corrected chi connectivity index (χ1v) is 10.5. The molecule has 32 heavy (non-hydrogen) atoms. The number of hydrogen-bond donors (Lipinski definition) is 2. The van der Waals surface area contributed by atoms with Gasteiger partial charge in [-0.25, -0.2) is 0 Å². The van der Waals surface area contributed by atoms with Crippen LogP contribution in [0.5, 0.6) is 5.75 Å². The summed E-state index contributed by atoms with van der Waals surface area (Å²) in [7, 11) is 0. The predicted octanol–water partition coefficient (Wildman–Crippen LogP) is 5.35. The van der Waals surface area contributed by atoms with Crippen molar-refractivity contribution in [1.29, 1.82) is 0 Å². The summed E-state index contributed by atoms with van der Waals surface area (Å²) in [4.78, 5) is 25.2. The van der Waals surface area contributed by atoms with Crippen molar-refractivity contribution >= 4 is 28.3 Å². The highest BCUT2D eigenvalue weighted by Crippen LogP contribution is 2.21. The summed E-state index contributed by atoms with van der Waals surface area (Å²) in [6, 6.07) is 30.1. The van der Waals surface area contributed by atoms with E-state index in [1.54, 1.807) is 24.3 Å². The van der Waals surface area contributed by atoms with Crippen LogP contribution in [0.25, 0.3) is 10.8 Å². The molecule has 0 radical (unpaired) electrons. The maximum atomic E-state index is 12.7. The Labute approximate surface area is 187 Å². The zero-order valence-corrected chi connectivity index (χ0v) is 17.7. The topological polar surface area (TPSA) is 67.4 Å². The van der Waals surface area contributed by atoms with Crippen molar-refractivity contribution in [3.05, 3.63) is 108 Å². The molecule has 0 bridgehead atoms. The van der Waals surface area contributed by atoms with Crippen LogP contribution in [0.2, 0.25) is 0 Å². The maximum absolute atomic E-state index is 12.7. The molecule has 160 valence electrons. The summed E-state index contributed by atoms with van der Waals surface area (Å²) in [5, 5.41) is 8.07. The molecule has 0 saturated carbocycles. The Morgan fingerprint density at radius 1 is 0.812 bits per heavy atom. The van der Waals surface area contributed by atoms with Gasteiger partial charge in [-0.05, 0) is 53.6 Å². The number of anilines is 1. The molecule has 0 fully saturated rings. The highest BCUT2D eigenvalue weighted by atomic mass is 16.5. The van der Waals surface area contributed by atoms with Crippen LogP contribution >= 0.6 is 0 Å². The molecule has 4 aromatic rings. The van der Waals surface area contributed by atoms with E-state index >= 15 is 0 Å². The van der Waals surface area contributed by atoms with Gasteiger partial charge in [0.05, 0.1) is 11.6 Å². The minimum Gasteiger partial charge on any atom is -0.483 e. The molecule has 1 atom stereocenters. The fourth-order valence-corrected chi connectivity index (χ4v) is 3.49. The Hall–Kier alpha value is -4.12. The Balaban J connectivity index is 1.38. The molecule has 5 heteroatoms. The number of carbonyl (C=O) groups is 2. The van der Waals surface area contributed by atoms with Crippen molar-refractivity contribution < 1.29 is 14.3 Å². The van der Waals surface area contributed by atoms with Crippen LogP contribution < -0.4 is 15.4 Å². The summed E-state index contributed by atoms with van der Waals surface area (Å²) in [5.41, 5.74) is 2.07. The Bertz CT molecular complexity index is 1240. The molecule has 0 saturated heterocycles. The molecular formula is C27H24N2O3. The fraction of sp³-hybridized carbons (Fsp3) is 0.111. The van der Waals surface area contributed by atoms with Crippen molar-refractivity contribution in [2.75, 3.05) is 11.9 Å². The monoisotopic (exact) mass is 424 g/mol. The molecule has 4 aromatic carbocycles. The molecule has 0 aromatic heterocycles. The number of fused-ring (bicyclic) bond motifs is 1. The Morgan fingerprint density at radius 3 is 2.31 bits per heavy atom. The summed E-state index contributed by atoms with van der Waals surface area (Å²) < 4.78 is 5.69. The molecule has 0 spiro atoms. The Kier molecular flexibility index (Phi) is 6.46. The van der Waals surface area contributed by atoms with E-state index in [9.17, 15) is 9.59 Å². The fourth-order valence-electron chi connectivity index (χ4n) is 3.49. The van der Waals surface area contributed by atoms with Gasteiger partial charge in [0, 0.05) is 5.69 Å². The number of rotatable bonds is 7. The van der Waals surface area contributed by atoms with Crippen LogP contribution in [-0.4, -0.2) is 18.4 Å². The van der Waals surface area contributed by atoms with Gasteiger partial charge in [0.25, 0.3) is 11.8 Å². The van der Waals surface area contributed by atoms with Gasteiger partial charge < -0.3 is 15.4 Å². The summed E-state index contributed by atoms with van der Waals surface area (Å²) in [5.74, 6) is -0.199. The van der Waals surface area contributed by atoms with Gasteiger partial charge in [0.15, 0.2) is 6.61 Å². The predicted molar refractivity (Wildman–Crippen MR) is 127 cm³/mol. The highest BCUT2D eigenvalue weighted by molar-refractivity contribution is 6.06. The van der Waals surface area contributed by atoms with Gasteiger partial charge in [-0.3, -0.25) is 9.59 Å². The van der Waals surface area contributed by atoms with Gasteiger partial charge >= 0.3 is 0 Å². The lowest BCUT2D eigenvalue weighted by Gasteiger charge is -2.16. The number of nitrogens with one attached hydrogen (secondary N) is 2. The molecule has 0 unspecified atom stereocenters. The van der Waals surface area contributed by atoms with Gasteiger partial charge in [-0.15, -0.1) is 0 Å². The number of amides is 2. The van der Waals surface area contributed by atoms with E-state index in [1.807, 2.05) is 67.6 Å². The first kappa shape index (κ1) is 21.1. The summed E-state index contributed by atoms with van der Waals surface area (Å²) in [6.45, 7) is 1.75. The van der Waals surface area contributed by atoms with Gasteiger partial charge in [-0.2, -0.15) is 0 Å². The molecule has 0 aliphatic rings. The summed E-state index contributed by atoms with van der Waals surface area (Å²) in [6.07, 6.45) is 0. The average molecular weight is 425 g/mol. The minimum absolute atomic E-state index is 0.174. The minimum atomic E-state index is -0.295. The molecule has 5 nitrogen and oxygen atoms in total. The molecule has 2 N–H and O–H groups in total. The van der Waals surface area contributed by atoms with Gasteiger partial charge in [-0.1, -0.05) is 66.7 Å². The van der Waals surface area contributed by atoms with E-state index in [1.165, 1.54) is 0 Å². The number of benzene rings is 4. The highest BCUT2D eigenvalue weighted by Gasteiger charge is 2.15. The number of hydrogen-bond acceptors (Lipinski definition) is 3. The lowest BCUT2D eigenvalue weighted by atomic mass is 10.0. The maximum Gasteiger partial charge on any atom is 0.259 e. The van der Waals surface area contributed by atoms with Crippen molar-refractivity contribution in [2.24, 2.45) is 0 Å². The smallest absolute Gasteiger partial charge is 0.259 e. The lowest BCUT2D eigenvalue weighted by Crippen LogP contribution is -2.31. The molecular weight excluding hydrogens is 400 g/mol. The third-order valence-corrected chi connectivity index (χ3v) is 5.17.